The van der Waals surface area contributed by atoms with Gasteiger partial charge in [0.25, 0.3) is 5.91 Å². The lowest BCUT2D eigenvalue weighted by atomic mass is 9.85. The topological polar surface area (TPSA) is 75.7 Å². The molecule has 1 aliphatic carbocycles. The number of carbonyl (C=O) groups is 1. The van der Waals surface area contributed by atoms with Crippen molar-refractivity contribution < 1.29 is 17.9 Å². The predicted molar refractivity (Wildman–Crippen MR) is 136 cm³/mol. The summed E-state index contributed by atoms with van der Waals surface area (Å²) in [6.07, 6.45) is 6.64. The van der Waals surface area contributed by atoms with Crippen LogP contribution in [0.4, 0.5) is 5.69 Å². The van der Waals surface area contributed by atoms with Crippen LogP contribution in [0.5, 0.6) is 5.75 Å². The third kappa shape index (κ3) is 5.87. The van der Waals surface area contributed by atoms with Crippen molar-refractivity contribution in [2.24, 2.45) is 5.92 Å². The summed E-state index contributed by atoms with van der Waals surface area (Å²) in [7, 11) is -3.71. The van der Waals surface area contributed by atoms with Gasteiger partial charge in [0.15, 0.2) is 0 Å². The maximum atomic E-state index is 12.8. The van der Waals surface area contributed by atoms with E-state index in [2.05, 4.69) is 9.62 Å². The number of benzene rings is 2. The Morgan fingerprint density at radius 2 is 1.91 bits per heavy atom. The molecule has 1 fully saturated rings. The van der Waals surface area contributed by atoms with Gasteiger partial charge in [-0.2, -0.15) is 0 Å². The number of rotatable bonds is 5. The maximum absolute atomic E-state index is 12.8. The molecule has 0 spiro atoms. The number of halogens is 1. The van der Waals surface area contributed by atoms with Crippen LogP contribution in [-0.4, -0.2) is 32.7 Å². The van der Waals surface area contributed by atoms with Gasteiger partial charge in [-0.3, -0.25) is 4.79 Å². The highest BCUT2D eigenvalue weighted by atomic mass is 35.5. The molecule has 0 unspecified atom stereocenters. The summed E-state index contributed by atoms with van der Waals surface area (Å²) in [6, 6.07) is 11.1. The van der Waals surface area contributed by atoms with E-state index >= 15 is 0 Å². The van der Waals surface area contributed by atoms with E-state index in [1.54, 1.807) is 32.0 Å². The summed E-state index contributed by atoms with van der Waals surface area (Å²) in [5, 5.41) is 0.0384. The molecule has 2 aromatic rings. The molecule has 2 aromatic carbocycles. The molecule has 4 rings (SSSR count). The van der Waals surface area contributed by atoms with Crippen molar-refractivity contribution >= 4 is 33.2 Å². The van der Waals surface area contributed by atoms with Gasteiger partial charge in [-0.25, -0.2) is 13.1 Å². The zero-order chi connectivity index (χ0) is 24.3. The first-order valence-electron chi connectivity index (χ1n) is 12.1. The van der Waals surface area contributed by atoms with Crippen LogP contribution in [-0.2, 0) is 23.1 Å². The highest BCUT2D eigenvalue weighted by Gasteiger charge is 2.25. The van der Waals surface area contributed by atoms with Crippen LogP contribution in [0, 0.1) is 5.92 Å². The van der Waals surface area contributed by atoms with E-state index in [0.29, 0.717) is 23.8 Å². The normalized spacial score (nSPS) is 17.1. The smallest absolute Gasteiger partial charge is 0.264 e. The second-order valence-electron chi connectivity index (χ2n) is 9.61. The van der Waals surface area contributed by atoms with Crippen LogP contribution < -0.4 is 14.4 Å². The van der Waals surface area contributed by atoms with E-state index in [4.69, 9.17) is 16.3 Å². The molecule has 0 bridgehead atoms. The average molecular weight is 505 g/mol. The summed E-state index contributed by atoms with van der Waals surface area (Å²) in [6.45, 7) is 5.25. The van der Waals surface area contributed by atoms with Gasteiger partial charge in [-0.05, 0) is 93.3 Å². The number of amides is 1. The van der Waals surface area contributed by atoms with Gasteiger partial charge in [0.1, 0.15) is 12.4 Å². The minimum Gasteiger partial charge on any atom is -0.487 e. The predicted octanol–water partition coefficient (Wildman–Crippen LogP) is 5.33. The van der Waals surface area contributed by atoms with Gasteiger partial charge in [0.05, 0.1) is 10.9 Å². The average Bonchev–Trinajstić information content (AvgIpc) is 2.79. The van der Waals surface area contributed by atoms with Gasteiger partial charge >= 0.3 is 0 Å². The summed E-state index contributed by atoms with van der Waals surface area (Å²) < 4.78 is 33.0. The van der Waals surface area contributed by atoms with Crippen molar-refractivity contribution in [1.29, 1.82) is 0 Å². The molecule has 1 N–H and O–H groups in total. The van der Waals surface area contributed by atoms with Crippen LogP contribution in [0.3, 0.4) is 0 Å². The second-order valence-corrected chi connectivity index (χ2v) is 12.3. The SMILES string of the molecule is CC(C)S(=O)(=O)NC(=O)c1ccc2c(c1)N(CC1CCC1)CCCCc1cc(Cl)ccc1CO2. The number of sulfonamides is 1. The third-order valence-electron chi connectivity index (χ3n) is 6.80. The Labute approximate surface area is 207 Å². The molecule has 6 nitrogen and oxygen atoms in total. The number of hydrogen-bond donors (Lipinski definition) is 1. The highest BCUT2D eigenvalue weighted by molar-refractivity contribution is 7.90. The lowest BCUT2D eigenvalue weighted by molar-refractivity contribution is 0.0981. The van der Waals surface area contributed by atoms with E-state index in [-0.39, 0.29) is 0 Å². The largest absolute Gasteiger partial charge is 0.487 e. The van der Waals surface area contributed by atoms with E-state index in [0.717, 1.165) is 48.6 Å². The fourth-order valence-electron chi connectivity index (χ4n) is 4.37. The Balaban J connectivity index is 1.67. The minimum atomic E-state index is -3.71. The number of aryl methyl sites for hydroxylation is 1. The van der Waals surface area contributed by atoms with Crippen molar-refractivity contribution in [3.63, 3.8) is 0 Å². The van der Waals surface area contributed by atoms with E-state index in [1.807, 2.05) is 18.2 Å². The van der Waals surface area contributed by atoms with Crippen molar-refractivity contribution in [2.75, 3.05) is 18.0 Å². The molecule has 0 aromatic heterocycles. The number of nitrogens with one attached hydrogen (secondary N) is 1. The molecule has 184 valence electrons. The van der Waals surface area contributed by atoms with E-state index < -0.39 is 21.2 Å². The van der Waals surface area contributed by atoms with Gasteiger partial charge in [-0.1, -0.05) is 24.1 Å². The number of hydrogen-bond acceptors (Lipinski definition) is 5. The lowest BCUT2D eigenvalue weighted by Crippen LogP contribution is -2.36. The molecule has 34 heavy (non-hydrogen) atoms. The van der Waals surface area contributed by atoms with Gasteiger partial charge in [0, 0.05) is 23.7 Å². The lowest BCUT2D eigenvalue weighted by Gasteiger charge is -2.34. The number of fused-ring (bicyclic) bond motifs is 2. The fraction of sp³-hybridized carbons (Fsp3) is 0.500. The first kappa shape index (κ1) is 24.9. The zero-order valence-electron chi connectivity index (χ0n) is 19.8. The monoisotopic (exact) mass is 504 g/mol. The molecule has 1 aliphatic heterocycles. The van der Waals surface area contributed by atoms with E-state index in [1.165, 1.54) is 24.8 Å². The highest BCUT2D eigenvalue weighted by Crippen LogP contribution is 2.35. The Bertz CT molecular complexity index is 1150. The first-order valence-corrected chi connectivity index (χ1v) is 14.0. The van der Waals surface area contributed by atoms with Crippen LogP contribution in [0.1, 0.15) is 67.4 Å². The molecule has 0 radical (unpaired) electrons. The molecule has 1 amide bonds. The number of ether oxygens (including phenoxy) is 1. The first-order chi connectivity index (χ1) is 16.2. The number of nitrogens with zero attached hydrogens (tertiary/aromatic N) is 1. The van der Waals surface area contributed by atoms with E-state index in [9.17, 15) is 13.2 Å². The van der Waals surface area contributed by atoms with Crippen molar-refractivity contribution in [3.05, 3.63) is 58.1 Å². The van der Waals surface area contributed by atoms with Gasteiger partial charge < -0.3 is 9.64 Å². The molecular formula is C26H33ClN2O4S. The Morgan fingerprint density at radius 3 is 2.62 bits per heavy atom. The molecule has 8 heteroatoms. The molecule has 0 saturated heterocycles. The molecule has 2 aliphatic rings. The fourth-order valence-corrected chi connectivity index (χ4v) is 5.18. The quantitative estimate of drug-likeness (QED) is 0.595. The molecule has 0 atom stereocenters. The number of carbonyl (C=O) groups excluding carboxylic acids is 1. The number of anilines is 1. The van der Waals surface area contributed by atoms with Crippen LogP contribution >= 0.6 is 11.6 Å². The van der Waals surface area contributed by atoms with Gasteiger partial charge in [-0.15, -0.1) is 0 Å². The van der Waals surface area contributed by atoms with Crippen molar-refractivity contribution in [2.45, 2.75) is 64.2 Å². The van der Waals surface area contributed by atoms with Crippen molar-refractivity contribution in [1.82, 2.24) is 4.72 Å². The maximum Gasteiger partial charge on any atom is 0.264 e. The van der Waals surface area contributed by atoms with Crippen LogP contribution in [0.15, 0.2) is 36.4 Å². The summed E-state index contributed by atoms with van der Waals surface area (Å²) in [5.74, 6) is 0.715. The van der Waals surface area contributed by atoms with Gasteiger partial charge in [0.2, 0.25) is 10.0 Å². The standard InChI is InChI=1S/C26H33ClN2O4S/c1-18(2)34(31,32)28-26(30)21-10-12-25-24(15-21)29(16-19-6-5-7-19)13-4-3-8-20-14-23(27)11-9-22(20)17-33-25/h9-12,14-15,18-19H,3-8,13,16-17H2,1-2H3,(H,28,30). The molecule has 1 saturated carbocycles. The molecule has 1 heterocycles. The molecular weight excluding hydrogens is 472 g/mol. The Morgan fingerprint density at radius 1 is 1.12 bits per heavy atom. The second kappa shape index (κ2) is 10.6. The minimum absolute atomic E-state index is 0.312. The zero-order valence-corrected chi connectivity index (χ0v) is 21.4. The van der Waals surface area contributed by atoms with Crippen LogP contribution in [0.25, 0.3) is 0 Å². The third-order valence-corrected chi connectivity index (χ3v) is 8.74. The summed E-state index contributed by atoms with van der Waals surface area (Å²) >= 11 is 6.24. The Kier molecular flexibility index (Phi) is 7.73. The summed E-state index contributed by atoms with van der Waals surface area (Å²) in [5.41, 5.74) is 3.47. The Hall–Kier alpha value is -2.25. The van der Waals surface area contributed by atoms with Crippen molar-refractivity contribution in [3.8, 4) is 5.75 Å². The van der Waals surface area contributed by atoms with Crippen LogP contribution in [0.2, 0.25) is 5.02 Å². The summed E-state index contributed by atoms with van der Waals surface area (Å²) in [4.78, 5) is 15.1.